The zero-order valence-electron chi connectivity index (χ0n) is 10.2. The van der Waals surface area contributed by atoms with E-state index in [1.165, 1.54) is 11.1 Å². The third-order valence-corrected chi connectivity index (χ3v) is 3.09. The molecule has 1 heterocycles. The summed E-state index contributed by atoms with van der Waals surface area (Å²) in [5.74, 6) is 0. The van der Waals surface area contributed by atoms with E-state index in [1.807, 2.05) is 18.2 Å². The minimum atomic E-state index is 0.768. The van der Waals surface area contributed by atoms with E-state index in [0.717, 1.165) is 23.8 Å². The van der Waals surface area contributed by atoms with E-state index in [0.29, 0.717) is 0 Å². The molecule has 0 unspecified atom stereocenters. The second-order valence-corrected chi connectivity index (χ2v) is 4.60. The molecule has 17 heavy (non-hydrogen) atoms. The highest BCUT2D eigenvalue weighted by Crippen LogP contribution is 2.20. The molecular formula is C14H17ClN2. The van der Waals surface area contributed by atoms with Gasteiger partial charge in [-0.15, -0.1) is 0 Å². The lowest BCUT2D eigenvalue weighted by molar-refractivity contribution is 0.766. The first kappa shape index (κ1) is 12.1. The first-order valence-corrected chi connectivity index (χ1v) is 6.21. The maximum Gasteiger partial charge on any atom is 0.0426 e. The fourth-order valence-corrected chi connectivity index (χ4v) is 1.95. The SMILES string of the molecule is CCn1ccc(CNc2cc(Cl)ccc2C)c1. The molecule has 1 aromatic heterocycles. The van der Waals surface area contributed by atoms with Crippen molar-refractivity contribution in [3.05, 3.63) is 52.8 Å². The summed E-state index contributed by atoms with van der Waals surface area (Å²) in [4.78, 5) is 0. The molecule has 0 spiro atoms. The summed E-state index contributed by atoms with van der Waals surface area (Å²) in [6.45, 7) is 6.05. The molecule has 0 atom stereocenters. The van der Waals surface area contributed by atoms with E-state index >= 15 is 0 Å². The van der Waals surface area contributed by atoms with Gasteiger partial charge in [0.05, 0.1) is 0 Å². The highest BCUT2D eigenvalue weighted by Gasteiger charge is 2.00. The summed E-state index contributed by atoms with van der Waals surface area (Å²) in [6, 6.07) is 8.04. The van der Waals surface area contributed by atoms with Crippen molar-refractivity contribution in [1.82, 2.24) is 4.57 Å². The lowest BCUT2D eigenvalue weighted by atomic mass is 10.2. The van der Waals surface area contributed by atoms with Crippen LogP contribution in [-0.2, 0) is 13.1 Å². The van der Waals surface area contributed by atoms with Gasteiger partial charge in [-0.05, 0) is 43.2 Å². The first-order chi connectivity index (χ1) is 8.19. The fourth-order valence-electron chi connectivity index (χ4n) is 1.77. The Morgan fingerprint density at radius 1 is 1.29 bits per heavy atom. The third-order valence-electron chi connectivity index (χ3n) is 2.86. The number of hydrogen-bond acceptors (Lipinski definition) is 1. The Bertz CT molecular complexity index is 503. The molecule has 0 amide bonds. The van der Waals surface area contributed by atoms with Gasteiger partial charge in [0, 0.05) is 36.2 Å². The Labute approximate surface area is 107 Å². The zero-order chi connectivity index (χ0) is 12.3. The van der Waals surface area contributed by atoms with Crippen LogP contribution in [0.3, 0.4) is 0 Å². The van der Waals surface area contributed by atoms with E-state index in [-0.39, 0.29) is 0 Å². The number of hydrogen-bond donors (Lipinski definition) is 1. The molecule has 0 fully saturated rings. The maximum atomic E-state index is 5.98. The molecule has 0 saturated carbocycles. The Balaban J connectivity index is 2.04. The van der Waals surface area contributed by atoms with E-state index in [9.17, 15) is 0 Å². The number of anilines is 1. The largest absolute Gasteiger partial charge is 0.381 e. The van der Waals surface area contributed by atoms with Crippen molar-refractivity contribution in [2.75, 3.05) is 5.32 Å². The Morgan fingerprint density at radius 2 is 2.12 bits per heavy atom. The van der Waals surface area contributed by atoms with Crippen molar-refractivity contribution in [2.45, 2.75) is 26.9 Å². The summed E-state index contributed by atoms with van der Waals surface area (Å²) in [6.07, 6.45) is 4.26. The van der Waals surface area contributed by atoms with Crippen LogP contribution in [0.1, 0.15) is 18.1 Å². The zero-order valence-corrected chi connectivity index (χ0v) is 11.0. The summed E-state index contributed by atoms with van der Waals surface area (Å²) >= 11 is 5.98. The van der Waals surface area contributed by atoms with E-state index in [1.54, 1.807) is 0 Å². The van der Waals surface area contributed by atoms with Gasteiger partial charge in [-0.25, -0.2) is 0 Å². The molecule has 3 heteroatoms. The van der Waals surface area contributed by atoms with Gasteiger partial charge in [-0.2, -0.15) is 0 Å². The van der Waals surface area contributed by atoms with Crippen molar-refractivity contribution in [2.24, 2.45) is 0 Å². The van der Waals surface area contributed by atoms with Gasteiger partial charge in [0.2, 0.25) is 0 Å². The standard InChI is InChI=1S/C14H17ClN2/c1-3-17-7-6-12(10-17)9-16-14-8-13(15)5-4-11(14)2/h4-8,10,16H,3,9H2,1-2H3. The van der Waals surface area contributed by atoms with Crippen molar-refractivity contribution >= 4 is 17.3 Å². The topological polar surface area (TPSA) is 17.0 Å². The molecule has 0 aliphatic heterocycles. The number of rotatable bonds is 4. The van der Waals surface area contributed by atoms with Crippen molar-refractivity contribution in [1.29, 1.82) is 0 Å². The number of halogens is 1. The quantitative estimate of drug-likeness (QED) is 0.863. The maximum absolute atomic E-state index is 5.98. The average Bonchev–Trinajstić information content (AvgIpc) is 2.78. The molecule has 0 aliphatic carbocycles. The molecule has 0 aliphatic rings. The number of nitrogens with zero attached hydrogens (tertiary/aromatic N) is 1. The molecule has 0 radical (unpaired) electrons. The first-order valence-electron chi connectivity index (χ1n) is 5.83. The minimum absolute atomic E-state index is 0.768. The van der Waals surface area contributed by atoms with Gasteiger partial charge < -0.3 is 9.88 Å². The molecule has 1 N–H and O–H groups in total. The highest BCUT2D eigenvalue weighted by atomic mass is 35.5. The molecular weight excluding hydrogens is 232 g/mol. The molecule has 2 aromatic rings. The van der Waals surface area contributed by atoms with Gasteiger partial charge >= 0.3 is 0 Å². The predicted octanol–water partition coefficient (Wildman–Crippen LogP) is 4.08. The van der Waals surface area contributed by atoms with Crippen LogP contribution in [0.5, 0.6) is 0 Å². The van der Waals surface area contributed by atoms with Gasteiger partial charge in [0.1, 0.15) is 0 Å². The van der Waals surface area contributed by atoms with E-state index < -0.39 is 0 Å². The smallest absolute Gasteiger partial charge is 0.0426 e. The summed E-state index contributed by atoms with van der Waals surface area (Å²) in [5.41, 5.74) is 3.59. The van der Waals surface area contributed by atoms with E-state index in [2.05, 4.69) is 42.2 Å². The Morgan fingerprint density at radius 3 is 2.82 bits per heavy atom. The Kier molecular flexibility index (Phi) is 3.75. The third kappa shape index (κ3) is 3.04. The second kappa shape index (κ2) is 5.28. The highest BCUT2D eigenvalue weighted by molar-refractivity contribution is 6.30. The van der Waals surface area contributed by atoms with Crippen molar-refractivity contribution in [3.8, 4) is 0 Å². The number of aromatic nitrogens is 1. The van der Waals surface area contributed by atoms with Crippen LogP contribution < -0.4 is 5.32 Å². The van der Waals surface area contributed by atoms with Gasteiger partial charge in [-0.3, -0.25) is 0 Å². The van der Waals surface area contributed by atoms with Crippen LogP contribution in [0.25, 0.3) is 0 Å². The average molecular weight is 249 g/mol. The lowest BCUT2D eigenvalue weighted by Gasteiger charge is -2.09. The van der Waals surface area contributed by atoms with Crippen LogP contribution in [0, 0.1) is 6.92 Å². The van der Waals surface area contributed by atoms with Gasteiger partial charge in [0.25, 0.3) is 0 Å². The molecule has 90 valence electrons. The van der Waals surface area contributed by atoms with Gasteiger partial charge in [0.15, 0.2) is 0 Å². The van der Waals surface area contributed by atoms with Crippen LogP contribution in [0.2, 0.25) is 5.02 Å². The molecule has 0 bridgehead atoms. The molecule has 1 aromatic carbocycles. The number of benzene rings is 1. The van der Waals surface area contributed by atoms with Gasteiger partial charge in [-0.1, -0.05) is 17.7 Å². The van der Waals surface area contributed by atoms with Crippen LogP contribution in [-0.4, -0.2) is 4.57 Å². The molecule has 2 rings (SSSR count). The lowest BCUT2D eigenvalue weighted by Crippen LogP contribution is -2.00. The van der Waals surface area contributed by atoms with Crippen LogP contribution in [0.4, 0.5) is 5.69 Å². The number of nitrogens with one attached hydrogen (secondary N) is 1. The van der Waals surface area contributed by atoms with Crippen LogP contribution >= 0.6 is 11.6 Å². The van der Waals surface area contributed by atoms with Crippen molar-refractivity contribution < 1.29 is 0 Å². The van der Waals surface area contributed by atoms with Crippen LogP contribution in [0.15, 0.2) is 36.7 Å². The fraction of sp³-hybridized carbons (Fsp3) is 0.286. The minimum Gasteiger partial charge on any atom is -0.381 e. The predicted molar refractivity (Wildman–Crippen MR) is 73.6 cm³/mol. The summed E-state index contributed by atoms with van der Waals surface area (Å²) in [7, 11) is 0. The van der Waals surface area contributed by atoms with E-state index in [4.69, 9.17) is 11.6 Å². The second-order valence-electron chi connectivity index (χ2n) is 4.16. The summed E-state index contributed by atoms with van der Waals surface area (Å²) in [5, 5.41) is 4.18. The molecule has 0 saturated heterocycles. The monoisotopic (exact) mass is 248 g/mol. The normalized spacial score (nSPS) is 10.5. The summed E-state index contributed by atoms with van der Waals surface area (Å²) < 4.78 is 2.17. The number of aryl methyl sites for hydroxylation is 2. The Hall–Kier alpha value is -1.41. The van der Waals surface area contributed by atoms with Crippen molar-refractivity contribution in [3.63, 3.8) is 0 Å². The molecule has 2 nitrogen and oxygen atoms in total.